The van der Waals surface area contributed by atoms with E-state index in [1.807, 2.05) is 13.8 Å². The summed E-state index contributed by atoms with van der Waals surface area (Å²) in [5.41, 5.74) is 0. The normalized spacial score (nSPS) is 8.00. The van der Waals surface area contributed by atoms with Crippen molar-refractivity contribution in [2.24, 2.45) is 5.92 Å². The van der Waals surface area contributed by atoms with E-state index in [2.05, 4.69) is 0 Å². The van der Waals surface area contributed by atoms with Crippen molar-refractivity contribution in [1.82, 2.24) is 0 Å². The molecular formula is C4H11CsO. The molecule has 0 aliphatic heterocycles. The van der Waals surface area contributed by atoms with Crippen LogP contribution in [0.2, 0.25) is 0 Å². The molecule has 2 heteroatoms. The van der Waals surface area contributed by atoms with Gasteiger partial charge < -0.3 is 6.53 Å². The van der Waals surface area contributed by atoms with Crippen molar-refractivity contribution in [1.29, 1.82) is 0 Å². The monoisotopic (exact) mass is 208 g/mol. The minimum absolute atomic E-state index is 0. The van der Waals surface area contributed by atoms with Crippen LogP contribution in [0.1, 0.15) is 15.3 Å². The molecule has 0 amide bonds. The van der Waals surface area contributed by atoms with E-state index in [4.69, 9.17) is 5.11 Å². The summed E-state index contributed by atoms with van der Waals surface area (Å²) in [6, 6.07) is 0. The second-order valence-electron chi connectivity index (χ2n) is 1.58. The Morgan fingerprint density at radius 3 is 1.83 bits per heavy atom. The van der Waals surface area contributed by atoms with Gasteiger partial charge in [-0.05, 0) is 5.92 Å². The zero-order chi connectivity index (χ0) is 4.28. The number of hydrogen-bond donors (Lipinski definition) is 1. The summed E-state index contributed by atoms with van der Waals surface area (Å²) in [5, 5.41) is 8.14. The van der Waals surface area contributed by atoms with Crippen molar-refractivity contribution in [3.05, 3.63) is 0 Å². The summed E-state index contributed by atoms with van der Waals surface area (Å²) in [5.74, 6) is 0.440. The van der Waals surface area contributed by atoms with Gasteiger partial charge in [0, 0.05) is 6.61 Å². The fourth-order valence-electron chi connectivity index (χ4n) is 0. The number of hydrogen-bond acceptors (Lipinski definition) is 1. The van der Waals surface area contributed by atoms with Crippen molar-refractivity contribution in [3.8, 4) is 0 Å². The van der Waals surface area contributed by atoms with Gasteiger partial charge in [-0.15, -0.1) is 0 Å². The first-order chi connectivity index (χ1) is 2.27. The summed E-state index contributed by atoms with van der Waals surface area (Å²) in [4.78, 5) is 0. The van der Waals surface area contributed by atoms with Crippen LogP contribution in [0, 0.1) is 5.92 Å². The molecule has 0 rings (SSSR count). The summed E-state index contributed by atoms with van der Waals surface area (Å²) in [6.45, 7) is 4.25. The molecule has 0 radical (unpaired) electrons. The Labute approximate surface area is 99.4 Å². The third kappa shape index (κ3) is 9.38. The van der Waals surface area contributed by atoms with Crippen LogP contribution >= 0.6 is 0 Å². The van der Waals surface area contributed by atoms with Crippen molar-refractivity contribution in [2.75, 3.05) is 6.61 Å². The summed E-state index contributed by atoms with van der Waals surface area (Å²) in [6.07, 6.45) is 0. The molecule has 0 aliphatic carbocycles. The molecule has 34 valence electrons. The second-order valence-corrected chi connectivity index (χ2v) is 1.58. The standard InChI is InChI=1S/C4H10O.Cs.H/c1-4(2)3-5;;/h4-5H,3H2,1-2H3;;/q;+1;-1. The zero-order valence-corrected chi connectivity index (χ0v) is 11.0. The van der Waals surface area contributed by atoms with Gasteiger partial charge in [-0.25, -0.2) is 0 Å². The average Bonchev–Trinajstić information content (AvgIpc) is 1.38. The van der Waals surface area contributed by atoms with Crippen molar-refractivity contribution in [2.45, 2.75) is 13.8 Å². The van der Waals surface area contributed by atoms with E-state index in [-0.39, 0.29) is 70.3 Å². The van der Waals surface area contributed by atoms with E-state index in [1.165, 1.54) is 0 Å². The Bertz CT molecular complexity index is 25.7. The summed E-state index contributed by atoms with van der Waals surface area (Å²) < 4.78 is 0. The molecule has 1 nitrogen and oxygen atoms in total. The Hall–Kier alpha value is 2.01. The van der Waals surface area contributed by atoms with Crippen LogP contribution in [0.3, 0.4) is 0 Å². The first-order valence-electron chi connectivity index (χ1n) is 1.88. The Kier molecular flexibility index (Phi) is 12.7. The Morgan fingerprint density at radius 1 is 1.67 bits per heavy atom. The molecule has 0 saturated heterocycles. The molecule has 6 heavy (non-hydrogen) atoms. The van der Waals surface area contributed by atoms with Crippen LogP contribution in [0.15, 0.2) is 0 Å². The van der Waals surface area contributed by atoms with Gasteiger partial charge in [-0.1, -0.05) is 13.8 Å². The second kappa shape index (κ2) is 7.01. The van der Waals surface area contributed by atoms with Gasteiger partial charge in [0.05, 0.1) is 0 Å². The largest absolute Gasteiger partial charge is 1.00 e. The molecule has 0 saturated carbocycles. The van der Waals surface area contributed by atoms with Gasteiger partial charge in [0.1, 0.15) is 0 Å². The third-order valence-electron chi connectivity index (χ3n) is 0.365. The SMILES string of the molecule is CC(C)CO.[Cs+].[H-]. The maximum Gasteiger partial charge on any atom is 1.00 e. The topological polar surface area (TPSA) is 20.2 Å². The number of rotatable bonds is 1. The van der Waals surface area contributed by atoms with Gasteiger partial charge >= 0.3 is 68.9 Å². The van der Waals surface area contributed by atoms with Crippen molar-refractivity contribution in [3.63, 3.8) is 0 Å². The van der Waals surface area contributed by atoms with E-state index in [0.29, 0.717) is 12.5 Å². The molecular weight excluding hydrogens is 197 g/mol. The van der Waals surface area contributed by atoms with E-state index >= 15 is 0 Å². The predicted molar refractivity (Wildman–Crippen MR) is 23.0 cm³/mol. The Balaban J connectivity index is -0.0000000800. The quantitative estimate of drug-likeness (QED) is 0.516. The summed E-state index contributed by atoms with van der Waals surface area (Å²) in [7, 11) is 0. The minimum Gasteiger partial charge on any atom is -1.00 e. The Morgan fingerprint density at radius 2 is 1.83 bits per heavy atom. The molecule has 1 N–H and O–H groups in total. The van der Waals surface area contributed by atoms with Gasteiger partial charge in [0.15, 0.2) is 0 Å². The van der Waals surface area contributed by atoms with Crippen LogP contribution in [0.25, 0.3) is 0 Å². The van der Waals surface area contributed by atoms with Gasteiger partial charge in [-0.3, -0.25) is 0 Å². The fraction of sp³-hybridized carbons (Fsp3) is 1.00. The summed E-state index contributed by atoms with van der Waals surface area (Å²) >= 11 is 0. The fourth-order valence-corrected chi connectivity index (χ4v) is 0. The van der Waals surface area contributed by atoms with E-state index in [9.17, 15) is 0 Å². The first-order valence-corrected chi connectivity index (χ1v) is 1.88. The van der Waals surface area contributed by atoms with Crippen LogP contribution < -0.4 is 68.9 Å². The molecule has 0 fully saturated rings. The number of aliphatic hydroxyl groups is 1. The molecule has 0 spiro atoms. The van der Waals surface area contributed by atoms with E-state index < -0.39 is 0 Å². The van der Waals surface area contributed by atoms with Crippen LogP contribution in [-0.2, 0) is 0 Å². The molecule has 0 heterocycles. The smallest absolute Gasteiger partial charge is 1.00 e. The molecule has 0 bridgehead atoms. The van der Waals surface area contributed by atoms with E-state index in [1.54, 1.807) is 0 Å². The van der Waals surface area contributed by atoms with Gasteiger partial charge in [0.2, 0.25) is 0 Å². The van der Waals surface area contributed by atoms with Crippen molar-refractivity contribution >= 4 is 0 Å². The third-order valence-corrected chi connectivity index (χ3v) is 0.365. The minimum atomic E-state index is 0. The van der Waals surface area contributed by atoms with Gasteiger partial charge in [0.25, 0.3) is 0 Å². The average molecular weight is 208 g/mol. The first kappa shape index (κ1) is 10.9. The number of aliphatic hydroxyl groups excluding tert-OH is 1. The maximum absolute atomic E-state index is 8.14. The maximum atomic E-state index is 8.14. The molecule has 0 aromatic carbocycles. The van der Waals surface area contributed by atoms with Crippen LogP contribution in [0.4, 0.5) is 0 Å². The predicted octanol–water partition coefficient (Wildman–Crippen LogP) is -2.25. The van der Waals surface area contributed by atoms with Crippen LogP contribution in [0.5, 0.6) is 0 Å². The van der Waals surface area contributed by atoms with Crippen LogP contribution in [-0.4, -0.2) is 11.7 Å². The zero-order valence-electron chi connectivity index (χ0n) is 5.73. The van der Waals surface area contributed by atoms with Gasteiger partial charge in [-0.2, -0.15) is 0 Å². The molecule has 0 unspecified atom stereocenters. The molecule has 0 aliphatic rings. The molecule has 0 aromatic heterocycles. The molecule has 0 atom stereocenters. The molecule has 0 aromatic rings. The van der Waals surface area contributed by atoms with E-state index in [0.717, 1.165) is 0 Å². The van der Waals surface area contributed by atoms with Crippen molar-refractivity contribution < 1.29 is 75.4 Å².